The Labute approximate surface area is 199 Å². The highest BCUT2D eigenvalue weighted by Crippen LogP contribution is 2.45. The monoisotopic (exact) mass is 481 g/mol. The van der Waals surface area contributed by atoms with Crippen molar-refractivity contribution < 1.29 is 18.3 Å². The molecule has 1 N–H and O–H groups in total. The van der Waals surface area contributed by atoms with Gasteiger partial charge in [0.1, 0.15) is 0 Å². The van der Waals surface area contributed by atoms with Crippen molar-refractivity contribution >= 4 is 27.6 Å². The molecule has 1 heterocycles. The van der Waals surface area contributed by atoms with E-state index < -0.39 is 28.1 Å². The average Bonchev–Trinajstić information content (AvgIpc) is 2.79. The maximum atomic E-state index is 14.0. The molecule has 170 valence electrons. The summed E-state index contributed by atoms with van der Waals surface area (Å²) in [6, 6.07) is 19.4. The van der Waals surface area contributed by atoms with Crippen LogP contribution in [0.25, 0.3) is 0 Å². The van der Waals surface area contributed by atoms with Crippen LogP contribution in [0.1, 0.15) is 40.8 Å². The van der Waals surface area contributed by atoms with Crippen LogP contribution < -0.4 is 0 Å². The molecule has 1 aliphatic rings. The normalized spacial score (nSPS) is 19.2. The van der Waals surface area contributed by atoms with Crippen LogP contribution in [0, 0.1) is 13.8 Å². The Morgan fingerprint density at radius 2 is 1.61 bits per heavy atom. The Hall–Kier alpha value is -2.93. The van der Waals surface area contributed by atoms with E-state index in [1.165, 1.54) is 28.6 Å². The van der Waals surface area contributed by atoms with E-state index in [0.717, 1.165) is 16.7 Å². The first kappa shape index (κ1) is 23.2. The molecule has 7 heteroatoms. The Morgan fingerprint density at radius 1 is 0.939 bits per heavy atom. The third-order valence-electron chi connectivity index (χ3n) is 5.87. The molecule has 0 fully saturated rings. The van der Waals surface area contributed by atoms with Crippen molar-refractivity contribution in [3.05, 3.63) is 112 Å². The summed E-state index contributed by atoms with van der Waals surface area (Å²) in [5.41, 5.74) is 3.42. The van der Waals surface area contributed by atoms with Gasteiger partial charge in [-0.3, -0.25) is 0 Å². The molecule has 3 aromatic carbocycles. The van der Waals surface area contributed by atoms with Gasteiger partial charge in [0, 0.05) is 5.02 Å². The molecule has 0 spiro atoms. The number of hydrogen-bond acceptors (Lipinski definition) is 3. The molecule has 0 radical (unpaired) electrons. The highest BCUT2D eigenvalue weighted by molar-refractivity contribution is 7.89. The lowest BCUT2D eigenvalue weighted by molar-refractivity contribution is -0.133. The molecule has 4 rings (SSSR count). The number of carbonyl (C=O) groups is 1. The minimum absolute atomic E-state index is 0.0431. The van der Waals surface area contributed by atoms with Gasteiger partial charge in [-0.05, 0) is 55.7 Å². The molecule has 33 heavy (non-hydrogen) atoms. The van der Waals surface area contributed by atoms with Gasteiger partial charge < -0.3 is 5.11 Å². The summed E-state index contributed by atoms with van der Waals surface area (Å²) in [7, 11) is -4.09. The van der Waals surface area contributed by atoms with Gasteiger partial charge in [-0.1, -0.05) is 77.3 Å². The van der Waals surface area contributed by atoms with Gasteiger partial charge in [-0.15, -0.1) is 0 Å². The topological polar surface area (TPSA) is 74.7 Å². The van der Waals surface area contributed by atoms with E-state index in [0.29, 0.717) is 10.6 Å². The molecule has 0 saturated heterocycles. The van der Waals surface area contributed by atoms with Crippen molar-refractivity contribution in [1.29, 1.82) is 0 Å². The molecule has 2 atom stereocenters. The molecule has 0 saturated carbocycles. The SMILES string of the molecule is Cc1ccc([C@@H]2CC=C(C(=O)O)[C@H](c3cccc(C)c3)N2S(=O)(=O)c2ccc(Cl)cc2)cc1. The first-order chi connectivity index (χ1) is 15.7. The van der Waals surface area contributed by atoms with Crippen molar-refractivity contribution in [3.8, 4) is 0 Å². The maximum absolute atomic E-state index is 14.0. The minimum Gasteiger partial charge on any atom is -0.478 e. The van der Waals surface area contributed by atoms with Gasteiger partial charge in [-0.2, -0.15) is 4.31 Å². The molecular formula is C26H24ClNO4S. The molecule has 0 unspecified atom stereocenters. The number of carboxylic acids is 1. The smallest absolute Gasteiger partial charge is 0.333 e. The van der Waals surface area contributed by atoms with Crippen LogP contribution in [0.4, 0.5) is 0 Å². The van der Waals surface area contributed by atoms with E-state index in [4.69, 9.17) is 11.6 Å². The first-order valence-corrected chi connectivity index (χ1v) is 12.4. The van der Waals surface area contributed by atoms with E-state index >= 15 is 0 Å². The Morgan fingerprint density at radius 3 is 2.21 bits per heavy atom. The number of aliphatic carboxylic acids is 1. The molecule has 5 nitrogen and oxygen atoms in total. The number of halogens is 1. The van der Waals surface area contributed by atoms with E-state index in [9.17, 15) is 18.3 Å². The van der Waals surface area contributed by atoms with Crippen molar-refractivity contribution in [1.82, 2.24) is 4.31 Å². The van der Waals surface area contributed by atoms with Crippen molar-refractivity contribution in [2.24, 2.45) is 0 Å². The minimum atomic E-state index is -4.09. The lowest BCUT2D eigenvalue weighted by Gasteiger charge is -2.40. The van der Waals surface area contributed by atoms with Gasteiger partial charge >= 0.3 is 5.97 Å². The number of rotatable bonds is 5. The van der Waals surface area contributed by atoms with Crippen LogP contribution in [0.15, 0.2) is 89.3 Å². The number of nitrogens with zero attached hydrogens (tertiary/aromatic N) is 1. The van der Waals surface area contributed by atoms with Crippen molar-refractivity contribution in [2.75, 3.05) is 0 Å². The van der Waals surface area contributed by atoms with Crippen LogP contribution in [-0.4, -0.2) is 23.8 Å². The Balaban J connectivity index is 1.97. The zero-order valence-corrected chi connectivity index (χ0v) is 19.8. The zero-order valence-electron chi connectivity index (χ0n) is 18.3. The summed E-state index contributed by atoms with van der Waals surface area (Å²) in [6.45, 7) is 3.86. The van der Waals surface area contributed by atoms with Crippen LogP contribution in [0.2, 0.25) is 5.02 Å². The van der Waals surface area contributed by atoms with E-state index in [1.807, 2.05) is 56.3 Å². The van der Waals surface area contributed by atoms with Crippen molar-refractivity contribution in [3.63, 3.8) is 0 Å². The van der Waals surface area contributed by atoms with Crippen LogP contribution >= 0.6 is 11.6 Å². The molecular weight excluding hydrogens is 458 g/mol. The summed E-state index contributed by atoms with van der Waals surface area (Å²) < 4.78 is 29.4. The molecule has 3 aromatic rings. The summed E-state index contributed by atoms with van der Waals surface area (Å²) in [5, 5.41) is 10.4. The fourth-order valence-corrected chi connectivity index (χ4v) is 6.15. The zero-order chi connectivity index (χ0) is 23.8. The second kappa shape index (κ2) is 9.14. The van der Waals surface area contributed by atoms with Crippen LogP contribution in [0.5, 0.6) is 0 Å². The molecule has 0 bridgehead atoms. The Kier molecular flexibility index (Phi) is 6.43. The molecule has 1 aliphatic heterocycles. The highest BCUT2D eigenvalue weighted by Gasteiger charge is 2.44. The van der Waals surface area contributed by atoms with Gasteiger partial charge in [0.15, 0.2) is 0 Å². The number of hydrogen-bond donors (Lipinski definition) is 1. The van der Waals surface area contributed by atoms with Gasteiger partial charge in [-0.25, -0.2) is 13.2 Å². The summed E-state index contributed by atoms with van der Waals surface area (Å²) >= 11 is 6.00. The van der Waals surface area contributed by atoms with Gasteiger partial charge in [0.05, 0.1) is 22.6 Å². The fourth-order valence-electron chi connectivity index (χ4n) is 4.25. The molecule has 0 amide bonds. The van der Waals surface area contributed by atoms with Crippen LogP contribution in [-0.2, 0) is 14.8 Å². The highest BCUT2D eigenvalue weighted by atomic mass is 35.5. The first-order valence-electron chi connectivity index (χ1n) is 10.5. The Bertz CT molecular complexity index is 1320. The van der Waals surface area contributed by atoms with Gasteiger partial charge in [0.25, 0.3) is 0 Å². The second-order valence-corrected chi connectivity index (χ2v) is 10.5. The molecule has 0 aliphatic carbocycles. The second-order valence-electron chi connectivity index (χ2n) is 8.23. The number of sulfonamides is 1. The number of aryl methyl sites for hydroxylation is 2. The molecule has 0 aromatic heterocycles. The lowest BCUT2D eigenvalue weighted by atomic mass is 9.88. The summed E-state index contributed by atoms with van der Waals surface area (Å²) in [4.78, 5) is 12.3. The average molecular weight is 482 g/mol. The third-order valence-corrected chi connectivity index (χ3v) is 8.01. The third kappa shape index (κ3) is 4.60. The summed E-state index contributed by atoms with van der Waals surface area (Å²) in [5.74, 6) is -1.14. The quantitative estimate of drug-likeness (QED) is 0.496. The lowest BCUT2D eigenvalue weighted by Crippen LogP contribution is -2.42. The maximum Gasteiger partial charge on any atom is 0.333 e. The predicted molar refractivity (Wildman–Crippen MR) is 129 cm³/mol. The van der Waals surface area contributed by atoms with E-state index in [1.54, 1.807) is 12.1 Å². The summed E-state index contributed by atoms with van der Waals surface area (Å²) in [6.07, 6.45) is 1.90. The van der Waals surface area contributed by atoms with E-state index in [-0.39, 0.29) is 16.9 Å². The van der Waals surface area contributed by atoms with Crippen molar-refractivity contribution in [2.45, 2.75) is 37.2 Å². The number of carboxylic acid groups (broad SMARTS) is 1. The van der Waals surface area contributed by atoms with E-state index in [2.05, 4.69) is 0 Å². The largest absolute Gasteiger partial charge is 0.478 e. The number of benzene rings is 3. The fraction of sp³-hybridized carbons (Fsp3) is 0.192. The van der Waals surface area contributed by atoms with Crippen LogP contribution in [0.3, 0.4) is 0 Å². The predicted octanol–water partition coefficient (Wildman–Crippen LogP) is 5.84. The standard InChI is InChI=1S/C26H24ClNO4S/c1-17-6-8-19(9-7-17)24-15-14-23(26(29)30)25(20-5-3-4-18(2)16-20)28(24)33(31,32)22-12-10-21(27)11-13-22/h3-14,16,24-25H,15H2,1-2H3,(H,29,30)/t24-,25-/m0/s1. The van der Waals surface area contributed by atoms with Gasteiger partial charge in [0.2, 0.25) is 10.0 Å².